The first-order valence-corrected chi connectivity index (χ1v) is 7.15. The maximum Gasteiger partial charge on any atom is 0.0558 e. The molecule has 0 amide bonds. The zero-order chi connectivity index (χ0) is 13.5. The fourth-order valence-corrected chi connectivity index (χ4v) is 2.46. The smallest absolute Gasteiger partial charge is 0.0558 e. The van der Waals surface area contributed by atoms with Crippen LogP contribution in [-0.2, 0) is 6.54 Å². The van der Waals surface area contributed by atoms with Crippen LogP contribution in [0.25, 0.3) is 10.8 Å². The molecule has 0 spiro atoms. The predicted molar refractivity (Wildman–Crippen MR) is 81.2 cm³/mol. The first-order chi connectivity index (χ1) is 9.35. The van der Waals surface area contributed by atoms with Crippen molar-refractivity contribution in [3.05, 3.63) is 48.0 Å². The Morgan fingerprint density at radius 2 is 1.79 bits per heavy atom. The van der Waals surface area contributed by atoms with Crippen molar-refractivity contribution in [3.8, 4) is 0 Å². The van der Waals surface area contributed by atoms with Crippen LogP contribution in [0.3, 0.4) is 0 Å². The SMILES string of the molecule is CCCCN(CCO)Cc1cccc2ccccc12. The molecule has 2 nitrogen and oxygen atoms in total. The van der Waals surface area contributed by atoms with Crippen molar-refractivity contribution in [1.82, 2.24) is 4.90 Å². The van der Waals surface area contributed by atoms with Crippen molar-refractivity contribution in [2.75, 3.05) is 19.7 Å². The second kappa shape index (κ2) is 7.27. The summed E-state index contributed by atoms with van der Waals surface area (Å²) in [5.41, 5.74) is 1.35. The van der Waals surface area contributed by atoms with E-state index in [0.29, 0.717) is 0 Å². The number of rotatable bonds is 7. The van der Waals surface area contributed by atoms with Gasteiger partial charge in [-0.05, 0) is 29.3 Å². The van der Waals surface area contributed by atoms with Gasteiger partial charge in [-0.3, -0.25) is 4.90 Å². The highest BCUT2D eigenvalue weighted by molar-refractivity contribution is 5.85. The summed E-state index contributed by atoms with van der Waals surface area (Å²) in [6.07, 6.45) is 2.38. The number of hydrogen-bond donors (Lipinski definition) is 1. The molecular formula is C17H23NO. The van der Waals surface area contributed by atoms with E-state index < -0.39 is 0 Å². The number of fused-ring (bicyclic) bond motifs is 1. The number of aliphatic hydroxyl groups is 1. The lowest BCUT2D eigenvalue weighted by Gasteiger charge is -2.22. The third-order valence-corrected chi connectivity index (χ3v) is 3.52. The lowest BCUT2D eigenvalue weighted by Crippen LogP contribution is -2.27. The summed E-state index contributed by atoms with van der Waals surface area (Å²) < 4.78 is 0. The van der Waals surface area contributed by atoms with Crippen LogP contribution in [0, 0.1) is 0 Å². The summed E-state index contributed by atoms with van der Waals surface area (Å²) in [5.74, 6) is 0. The molecule has 0 atom stereocenters. The van der Waals surface area contributed by atoms with Crippen LogP contribution in [0.15, 0.2) is 42.5 Å². The van der Waals surface area contributed by atoms with Crippen molar-refractivity contribution in [1.29, 1.82) is 0 Å². The normalized spacial score (nSPS) is 11.3. The van der Waals surface area contributed by atoms with Gasteiger partial charge in [-0.2, -0.15) is 0 Å². The largest absolute Gasteiger partial charge is 0.395 e. The van der Waals surface area contributed by atoms with E-state index in [1.165, 1.54) is 29.2 Å². The molecule has 19 heavy (non-hydrogen) atoms. The fourth-order valence-electron chi connectivity index (χ4n) is 2.46. The minimum atomic E-state index is 0.231. The van der Waals surface area contributed by atoms with Gasteiger partial charge in [0.2, 0.25) is 0 Å². The Kier molecular flexibility index (Phi) is 5.37. The minimum absolute atomic E-state index is 0.231. The van der Waals surface area contributed by atoms with Crippen molar-refractivity contribution in [2.24, 2.45) is 0 Å². The third kappa shape index (κ3) is 3.79. The molecule has 1 N–H and O–H groups in total. The summed E-state index contributed by atoms with van der Waals surface area (Å²) in [6.45, 7) is 5.16. The van der Waals surface area contributed by atoms with Crippen molar-refractivity contribution in [3.63, 3.8) is 0 Å². The topological polar surface area (TPSA) is 23.5 Å². The Hall–Kier alpha value is -1.38. The first kappa shape index (κ1) is 14.0. The van der Waals surface area contributed by atoms with Crippen LogP contribution in [0.5, 0.6) is 0 Å². The van der Waals surface area contributed by atoms with E-state index in [2.05, 4.69) is 54.3 Å². The molecule has 0 aliphatic rings. The number of benzene rings is 2. The molecule has 2 aromatic carbocycles. The van der Waals surface area contributed by atoms with Gasteiger partial charge in [0.25, 0.3) is 0 Å². The summed E-state index contributed by atoms with van der Waals surface area (Å²) in [5, 5.41) is 11.8. The second-order valence-electron chi connectivity index (χ2n) is 4.99. The molecule has 0 fully saturated rings. The van der Waals surface area contributed by atoms with Gasteiger partial charge in [-0.25, -0.2) is 0 Å². The van der Waals surface area contributed by atoms with E-state index in [9.17, 15) is 5.11 Å². The summed E-state index contributed by atoms with van der Waals surface area (Å²) >= 11 is 0. The van der Waals surface area contributed by atoms with Gasteiger partial charge in [-0.1, -0.05) is 55.8 Å². The van der Waals surface area contributed by atoms with Crippen LogP contribution in [0.4, 0.5) is 0 Å². The molecule has 2 rings (SSSR count). The van der Waals surface area contributed by atoms with Gasteiger partial charge < -0.3 is 5.11 Å². The van der Waals surface area contributed by atoms with Gasteiger partial charge in [0.15, 0.2) is 0 Å². The maximum absolute atomic E-state index is 9.19. The molecule has 0 unspecified atom stereocenters. The zero-order valence-corrected chi connectivity index (χ0v) is 11.7. The summed E-state index contributed by atoms with van der Waals surface area (Å²) in [7, 11) is 0. The fraction of sp³-hybridized carbons (Fsp3) is 0.412. The molecule has 0 bridgehead atoms. The molecule has 0 saturated carbocycles. The highest BCUT2D eigenvalue weighted by atomic mass is 16.3. The Labute approximate surface area is 115 Å². The van der Waals surface area contributed by atoms with Gasteiger partial charge in [0, 0.05) is 13.1 Å². The van der Waals surface area contributed by atoms with Crippen LogP contribution in [0.1, 0.15) is 25.3 Å². The highest BCUT2D eigenvalue weighted by Gasteiger charge is 2.07. The predicted octanol–water partition coefficient (Wildman–Crippen LogP) is 3.43. The molecule has 0 aliphatic heterocycles. The molecule has 102 valence electrons. The number of unbranched alkanes of at least 4 members (excludes halogenated alkanes) is 1. The average Bonchev–Trinajstić information content (AvgIpc) is 2.45. The Morgan fingerprint density at radius 1 is 1.00 bits per heavy atom. The zero-order valence-electron chi connectivity index (χ0n) is 11.7. The van der Waals surface area contributed by atoms with E-state index in [-0.39, 0.29) is 6.61 Å². The molecular weight excluding hydrogens is 234 g/mol. The molecule has 2 heteroatoms. The Morgan fingerprint density at radius 3 is 2.58 bits per heavy atom. The Bertz CT molecular complexity index is 504. The highest BCUT2D eigenvalue weighted by Crippen LogP contribution is 2.20. The maximum atomic E-state index is 9.19. The van der Waals surface area contributed by atoms with Crippen molar-refractivity contribution in [2.45, 2.75) is 26.3 Å². The summed E-state index contributed by atoms with van der Waals surface area (Å²) in [4.78, 5) is 2.34. The van der Waals surface area contributed by atoms with Gasteiger partial charge in [-0.15, -0.1) is 0 Å². The van der Waals surface area contributed by atoms with Crippen LogP contribution < -0.4 is 0 Å². The Balaban J connectivity index is 2.18. The van der Waals surface area contributed by atoms with E-state index in [1.807, 2.05) is 0 Å². The van der Waals surface area contributed by atoms with E-state index in [0.717, 1.165) is 19.6 Å². The number of aliphatic hydroxyl groups excluding tert-OH is 1. The third-order valence-electron chi connectivity index (χ3n) is 3.52. The standard InChI is InChI=1S/C17H23NO/c1-2-3-11-18(12-13-19)14-16-9-6-8-15-7-4-5-10-17(15)16/h4-10,19H,2-3,11-14H2,1H3. The van der Waals surface area contributed by atoms with Crippen LogP contribution in [0.2, 0.25) is 0 Å². The average molecular weight is 257 g/mol. The molecule has 0 saturated heterocycles. The lowest BCUT2D eigenvalue weighted by molar-refractivity contribution is 0.189. The van der Waals surface area contributed by atoms with Gasteiger partial charge in [0.1, 0.15) is 0 Å². The number of hydrogen-bond acceptors (Lipinski definition) is 2. The first-order valence-electron chi connectivity index (χ1n) is 7.15. The van der Waals surface area contributed by atoms with E-state index in [4.69, 9.17) is 0 Å². The molecule has 0 heterocycles. The summed E-state index contributed by atoms with van der Waals surface area (Å²) in [6, 6.07) is 15.0. The quantitative estimate of drug-likeness (QED) is 0.821. The molecule has 0 radical (unpaired) electrons. The van der Waals surface area contributed by atoms with Crippen molar-refractivity contribution >= 4 is 10.8 Å². The van der Waals surface area contributed by atoms with E-state index >= 15 is 0 Å². The van der Waals surface area contributed by atoms with Crippen LogP contribution >= 0.6 is 0 Å². The molecule has 2 aromatic rings. The number of nitrogens with zero attached hydrogens (tertiary/aromatic N) is 1. The van der Waals surface area contributed by atoms with Crippen LogP contribution in [-0.4, -0.2) is 29.7 Å². The second-order valence-corrected chi connectivity index (χ2v) is 4.99. The lowest BCUT2D eigenvalue weighted by atomic mass is 10.0. The monoisotopic (exact) mass is 257 g/mol. The molecule has 0 aliphatic carbocycles. The van der Waals surface area contributed by atoms with E-state index in [1.54, 1.807) is 0 Å². The minimum Gasteiger partial charge on any atom is -0.395 e. The van der Waals surface area contributed by atoms with Gasteiger partial charge in [0.05, 0.1) is 6.61 Å². The van der Waals surface area contributed by atoms with Crippen molar-refractivity contribution < 1.29 is 5.11 Å². The van der Waals surface area contributed by atoms with Gasteiger partial charge >= 0.3 is 0 Å². The molecule has 0 aromatic heterocycles.